The lowest BCUT2D eigenvalue weighted by Crippen LogP contribution is -2.59. The number of aliphatic hydroxyl groups excluding tert-OH is 3. The van der Waals surface area contributed by atoms with Gasteiger partial charge in [-0.1, -0.05) is 26.7 Å². The van der Waals surface area contributed by atoms with E-state index in [4.69, 9.17) is 14.2 Å². The predicted octanol–water partition coefficient (Wildman–Crippen LogP) is 0.427. The van der Waals surface area contributed by atoms with Crippen LogP contribution in [0.4, 0.5) is 0 Å². The van der Waals surface area contributed by atoms with E-state index in [1.807, 2.05) is 6.92 Å². The van der Waals surface area contributed by atoms with Crippen LogP contribution in [-0.2, 0) is 14.2 Å². The predicted molar refractivity (Wildman–Crippen MR) is 73.3 cm³/mol. The molecule has 0 aliphatic carbocycles. The van der Waals surface area contributed by atoms with E-state index in [1.165, 1.54) is 0 Å². The van der Waals surface area contributed by atoms with Gasteiger partial charge in [0.15, 0.2) is 6.29 Å². The molecule has 0 aromatic carbocycles. The van der Waals surface area contributed by atoms with Crippen LogP contribution in [-0.4, -0.2) is 65.8 Å². The fourth-order valence-corrected chi connectivity index (χ4v) is 2.05. The molecular weight excluding hydrogens is 264 g/mol. The van der Waals surface area contributed by atoms with Crippen molar-refractivity contribution in [2.75, 3.05) is 19.8 Å². The SMILES string of the molecule is CCCCOCC1O[C@@H](O)C(OCCCC)C(O)C1O. The minimum Gasteiger partial charge on any atom is -0.387 e. The Balaban J connectivity index is 2.40. The first-order chi connectivity index (χ1) is 9.61. The Bertz CT molecular complexity index is 248. The van der Waals surface area contributed by atoms with Gasteiger partial charge in [0.1, 0.15) is 24.4 Å². The van der Waals surface area contributed by atoms with Gasteiger partial charge in [-0.3, -0.25) is 0 Å². The molecule has 0 saturated carbocycles. The molecule has 0 aromatic rings. The summed E-state index contributed by atoms with van der Waals surface area (Å²) in [5, 5.41) is 29.9. The lowest BCUT2D eigenvalue weighted by atomic mass is 9.99. The maximum absolute atomic E-state index is 10.0. The van der Waals surface area contributed by atoms with E-state index >= 15 is 0 Å². The number of hydrogen-bond acceptors (Lipinski definition) is 6. The van der Waals surface area contributed by atoms with E-state index in [9.17, 15) is 15.3 Å². The molecule has 6 heteroatoms. The minimum atomic E-state index is -1.25. The maximum atomic E-state index is 10.0. The first kappa shape index (κ1) is 17.8. The highest BCUT2D eigenvalue weighted by Crippen LogP contribution is 2.23. The smallest absolute Gasteiger partial charge is 0.184 e. The van der Waals surface area contributed by atoms with Crippen molar-refractivity contribution in [1.82, 2.24) is 0 Å². The van der Waals surface area contributed by atoms with Crippen LogP contribution in [0.25, 0.3) is 0 Å². The summed E-state index contributed by atoms with van der Waals surface area (Å²) in [6.07, 6.45) is -1.45. The Hall–Kier alpha value is -0.240. The third kappa shape index (κ3) is 5.27. The zero-order chi connectivity index (χ0) is 15.0. The molecule has 1 aliphatic rings. The van der Waals surface area contributed by atoms with Crippen molar-refractivity contribution in [3.63, 3.8) is 0 Å². The van der Waals surface area contributed by atoms with E-state index in [1.54, 1.807) is 0 Å². The van der Waals surface area contributed by atoms with Crippen molar-refractivity contribution in [3.8, 4) is 0 Å². The average molecular weight is 292 g/mol. The van der Waals surface area contributed by atoms with Crippen molar-refractivity contribution in [2.45, 2.75) is 70.2 Å². The van der Waals surface area contributed by atoms with Crippen molar-refractivity contribution >= 4 is 0 Å². The largest absolute Gasteiger partial charge is 0.387 e. The van der Waals surface area contributed by atoms with Crippen LogP contribution >= 0.6 is 0 Å². The molecule has 120 valence electrons. The van der Waals surface area contributed by atoms with Crippen LogP contribution in [0.15, 0.2) is 0 Å². The van der Waals surface area contributed by atoms with Gasteiger partial charge in [0.05, 0.1) is 6.61 Å². The highest BCUT2D eigenvalue weighted by Gasteiger charge is 2.44. The lowest BCUT2D eigenvalue weighted by Gasteiger charge is -2.40. The molecule has 1 heterocycles. The monoisotopic (exact) mass is 292 g/mol. The first-order valence-electron chi connectivity index (χ1n) is 7.50. The van der Waals surface area contributed by atoms with Gasteiger partial charge in [-0.05, 0) is 12.8 Å². The molecule has 1 aliphatic heterocycles. The third-order valence-corrected chi connectivity index (χ3v) is 3.40. The van der Waals surface area contributed by atoms with Crippen LogP contribution in [0.2, 0.25) is 0 Å². The molecule has 0 spiro atoms. The molecule has 3 N–H and O–H groups in total. The summed E-state index contributed by atoms with van der Waals surface area (Å²) in [5.41, 5.74) is 0. The summed E-state index contributed by atoms with van der Waals surface area (Å²) in [4.78, 5) is 0. The number of ether oxygens (including phenoxy) is 3. The van der Waals surface area contributed by atoms with Crippen LogP contribution in [0.1, 0.15) is 39.5 Å². The average Bonchev–Trinajstić information content (AvgIpc) is 2.44. The summed E-state index contributed by atoms with van der Waals surface area (Å²) in [5.74, 6) is 0. The summed E-state index contributed by atoms with van der Waals surface area (Å²) in [6.45, 7) is 5.22. The van der Waals surface area contributed by atoms with Crippen LogP contribution in [0.5, 0.6) is 0 Å². The molecule has 0 amide bonds. The van der Waals surface area contributed by atoms with Gasteiger partial charge < -0.3 is 29.5 Å². The van der Waals surface area contributed by atoms with Gasteiger partial charge in [-0.25, -0.2) is 0 Å². The maximum Gasteiger partial charge on any atom is 0.184 e. The van der Waals surface area contributed by atoms with Gasteiger partial charge in [0.25, 0.3) is 0 Å². The van der Waals surface area contributed by atoms with Gasteiger partial charge in [-0.2, -0.15) is 0 Å². The second-order valence-corrected chi connectivity index (χ2v) is 5.16. The molecule has 20 heavy (non-hydrogen) atoms. The van der Waals surface area contributed by atoms with Gasteiger partial charge >= 0.3 is 0 Å². The molecule has 1 rings (SSSR count). The normalized spacial score (nSPS) is 34.4. The molecule has 4 unspecified atom stereocenters. The lowest BCUT2D eigenvalue weighted by molar-refractivity contribution is -0.298. The topological polar surface area (TPSA) is 88.4 Å². The van der Waals surface area contributed by atoms with Crippen molar-refractivity contribution in [3.05, 3.63) is 0 Å². The summed E-state index contributed by atoms with van der Waals surface area (Å²) in [6, 6.07) is 0. The van der Waals surface area contributed by atoms with Gasteiger partial charge in [0.2, 0.25) is 0 Å². The standard InChI is InChI=1S/C14H28O6/c1-3-5-7-18-9-10-11(15)12(16)13(14(17)20-10)19-8-6-4-2/h10-17H,3-9H2,1-2H3/t10?,11?,12?,13?,14-/m1/s1. The first-order valence-corrected chi connectivity index (χ1v) is 7.50. The van der Waals surface area contributed by atoms with Crippen LogP contribution in [0.3, 0.4) is 0 Å². The minimum absolute atomic E-state index is 0.150. The molecule has 0 radical (unpaired) electrons. The molecule has 6 nitrogen and oxygen atoms in total. The van der Waals surface area contributed by atoms with Crippen molar-refractivity contribution in [1.29, 1.82) is 0 Å². The third-order valence-electron chi connectivity index (χ3n) is 3.40. The Morgan fingerprint density at radius 3 is 2.25 bits per heavy atom. The zero-order valence-electron chi connectivity index (χ0n) is 12.4. The van der Waals surface area contributed by atoms with Gasteiger partial charge in [-0.15, -0.1) is 0 Å². The van der Waals surface area contributed by atoms with E-state index in [2.05, 4.69) is 6.92 Å². The van der Waals surface area contributed by atoms with Crippen LogP contribution < -0.4 is 0 Å². The summed E-state index contributed by atoms with van der Waals surface area (Å²) < 4.78 is 16.0. The number of rotatable bonds is 9. The summed E-state index contributed by atoms with van der Waals surface area (Å²) in [7, 11) is 0. The number of aliphatic hydroxyl groups is 3. The Morgan fingerprint density at radius 1 is 0.950 bits per heavy atom. The Morgan fingerprint density at radius 2 is 1.60 bits per heavy atom. The zero-order valence-corrected chi connectivity index (χ0v) is 12.4. The van der Waals surface area contributed by atoms with Crippen LogP contribution in [0, 0.1) is 0 Å². The number of unbranched alkanes of at least 4 members (excludes halogenated alkanes) is 2. The van der Waals surface area contributed by atoms with Crippen molar-refractivity contribution in [2.24, 2.45) is 0 Å². The molecule has 1 fully saturated rings. The highest BCUT2D eigenvalue weighted by molar-refractivity contribution is 4.89. The fourth-order valence-electron chi connectivity index (χ4n) is 2.05. The van der Waals surface area contributed by atoms with E-state index in [0.717, 1.165) is 25.7 Å². The van der Waals surface area contributed by atoms with Crippen molar-refractivity contribution < 1.29 is 29.5 Å². The quantitative estimate of drug-likeness (QED) is 0.534. The van der Waals surface area contributed by atoms with E-state index in [0.29, 0.717) is 13.2 Å². The van der Waals surface area contributed by atoms with Gasteiger partial charge in [0, 0.05) is 13.2 Å². The number of hydrogen-bond donors (Lipinski definition) is 3. The Labute approximate surface area is 120 Å². The molecular formula is C14H28O6. The van der Waals surface area contributed by atoms with E-state index in [-0.39, 0.29) is 6.61 Å². The second kappa shape index (κ2) is 9.65. The Kier molecular flexibility index (Phi) is 8.60. The van der Waals surface area contributed by atoms with E-state index < -0.39 is 30.7 Å². The molecule has 5 atom stereocenters. The fraction of sp³-hybridized carbons (Fsp3) is 1.00. The molecule has 0 aromatic heterocycles. The molecule has 1 saturated heterocycles. The second-order valence-electron chi connectivity index (χ2n) is 5.16. The summed E-state index contributed by atoms with van der Waals surface area (Å²) >= 11 is 0. The highest BCUT2D eigenvalue weighted by atomic mass is 16.7. The molecule has 0 bridgehead atoms.